The molecule has 2 atom stereocenters. The molecule has 5 heteroatoms. The minimum absolute atomic E-state index is 0.0378. The van der Waals surface area contributed by atoms with Gasteiger partial charge in [-0.15, -0.1) is 0 Å². The van der Waals surface area contributed by atoms with E-state index in [9.17, 15) is 9.90 Å². The maximum atomic E-state index is 10.8. The summed E-state index contributed by atoms with van der Waals surface area (Å²) < 4.78 is 0. The Morgan fingerprint density at radius 1 is 0.967 bits per heavy atom. The van der Waals surface area contributed by atoms with Crippen LogP contribution < -0.4 is 5.32 Å². The van der Waals surface area contributed by atoms with Crippen LogP contribution in [0.2, 0.25) is 5.02 Å². The van der Waals surface area contributed by atoms with Crippen molar-refractivity contribution in [3.63, 3.8) is 0 Å². The van der Waals surface area contributed by atoms with Crippen LogP contribution >= 0.6 is 11.6 Å². The van der Waals surface area contributed by atoms with E-state index < -0.39 is 12.1 Å². The lowest BCUT2D eigenvalue weighted by atomic mass is 9.99. The molecule has 3 aromatic rings. The van der Waals surface area contributed by atoms with Crippen LogP contribution in [0.4, 0.5) is 0 Å². The largest absolute Gasteiger partial charge is 0.481 e. The van der Waals surface area contributed by atoms with E-state index in [1.165, 1.54) is 5.56 Å². The van der Waals surface area contributed by atoms with Gasteiger partial charge in [0.05, 0.1) is 12.5 Å². The number of nitrogens with one attached hydrogen (secondary N) is 1. The molecule has 0 aliphatic rings. The molecule has 30 heavy (non-hydrogen) atoms. The maximum Gasteiger partial charge on any atom is 0.307 e. The predicted octanol–water partition coefficient (Wildman–Crippen LogP) is 4.89. The lowest BCUT2D eigenvalue weighted by Gasteiger charge is -2.18. The van der Waals surface area contributed by atoms with Gasteiger partial charge in [0.2, 0.25) is 0 Å². The second-order valence-corrected chi connectivity index (χ2v) is 7.99. The monoisotopic (exact) mass is 423 g/mol. The summed E-state index contributed by atoms with van der Waals surface area (Å²) in [6.07, 6.45) is 0.286. The Morgan fingerprint density at radius 3 is 2.13 bits per heavy atom. The third-order valence-electron chi connectivity index (χ3n) is 5.03. The number of rotatable bonds is 9. The molecular formula is C25H26ClNO3. The van der Waals surface area contributed by atoms with E-state index in [0.29, 0.717) is 11.6 Å². The summed E-state index contributed by atoms with van der Waals surface area (Å²) in [5, 5.41) is 23.2. The summed E-state index contributed by atoms with van der Waals surface area (Å²) in [7, 11) is 0. The van der Waals surface area contributed by atoms with Gasteiger partial charge >= 0.3 is 5.97 Å². The first-order chi connectivity index (χ1) is 14.4. The molecule has 0 unspecified atom stereocenters. The van der Waals surface area contributed by atoms with Gasteiger partial charge in [-0.1, -0.05) is 72.3 Å². The topological polar surface area (TPSA) is 69.6 Å². The number of halogens is 1. The van der Waals surface area contributed by atoms with Crippen LogP contribution in [0.5, 0.6) is 0 Å². The van der Waals surface area contributed by atoms with Crippen LogP contribution in [0.1, 0.15) is 29.7 Å². The van der Waals surface area contributed by atoms with Gasteiger partial charge in [0, 0.05) is 17.6 Å². The highest BCUT2D eigenvalue weighted by molar-refractivity contribution is 6.30. The number of aliphatic carboxylic acids is 1. The molecular weight excluding hydrogens is 398 g/mol. The molecule has 4 nitrogen and oxygen atoms in total. The third-order valence-corrected chi connectivity index (χ3v) is 5.27. The molecule has 3 rings (SSSR count). The summed E-state index contributed by atoms with van der Waals surface area (Å²) in [4.78, 5) is 10.8. The Bertz CT molecular complexity index is 970. The predicted molar refractivity (Wildman–Crippen MR) is 121 cm³/mol. The van der Waals surface area contributed by atoms with Crippen LogP contribution in [0.25, 0.3) is 11.1 Å². The first kappa shape index (κ1) is 22.0. The van der Waals surface area contributed by atoms with Crippen LogP contribution in [0, 0.1) is 0 Å². The molecule has 0 heterocycles. The molecule has 0 radical (unpaired) electrons. The van der Waals surface area contributed by atoms with Crippen LogP contribution in [-0.4, -0.2) is 28.8 Å². The SMILES string of the molecule is C[C@H](Cc1ccc(-c2ccc(CC(=O)O)cc2)cc1)NC[C@H](O)c1cccc(Cl)c1. The van der Waals surface area contributed by atoms with Crippen molar-refractivity contribution in [1.29, 1.82) is 0 Å². The number of aliphatic hydroxyl groups is 1. The van der Waals surface area contributed by atoms with Crippen molar-refractivity contribution in [3.05, 3.63) is 94.5 Å². The van der Waals surface area contributed by atoms with Crippen molar-refractivity contribution >= 4 is 17.6 Å². The Balaban J connectivity index is 1.52. The summed E-state index contributed by atoms with van der Waals surface area (Å²) >= 11 is 5.99. The average molecular weight is 424 g/mol. The fourth-order valence-electron chi connectivity index (χ4n) is 3.39. The molecule has 0 bridgehead atoms. The third kappa shape index (κ3) is 6.42. The number of carboxylic acid groups (broad SMARTS) is 1. The molecule has 0 aliphatic heterocycles. The van der Waals surface area contributed by atoms with Crippen LogP contribution in [-0.2, 0) is 17.6 Å². The van der Waals surface area contributed by atoms with Crippen LogP contribution in [0.3, 0.4) is 0 Å². The van der Waals surface area contributed by atoms with E-state index in [1.807, 2.05) is 36.4 Å². The van der Waals surface area contributed by atoms with E-state index in [4.69, 9.17) is 16.7 Å². The lowest BCUT2D eigenvalue weighted by Crippen LogP contribution is -2.32. The highest BCUT2D eigenvalue weighted by Gasteiger charge is 2.10. The van der Waals surface area contributed by atoms with Gasteiger partial charge < -0.3 is 15.5 Å². The zero-order chi connectivity index (χ0) is 21.5. The zero-order valence-electron chi connectivity index (χ0n) is 16.9. The fourth-order valence-corrected chi connectivity index (χ4v) is 3.59. The van der Waals surface area contributed by atoms with Crippen molar-refractivity contribution < 1.29 is 15.0 Å². The van der Waals surface area contributed by atoms with Crippen LogP contribution in [0.15, 0.2) is 72.8 Å². The summed E-state index contributed by atoms with van der Waals surface area (Å²) in [6, 6.07) is 23.5. The van der Waals surface area contributed by atoms with Gasteiger partial charge in [-0.25, -0.2) is 0 Å². The molecule has 0 fully saturated rings. The van der Waals surface area contributed by atoms with Gasteiger partial charge in [0.15, 0.2) is 0 Å². The average Bonchev–Trinajstić information content (AvgIpc) is 2.73. The molecule has 156 valence electrons. The Hall–Kier alpha value is -2.66. The highest BCUT2D eigenvalue weighted by atomic mass is 35.5. The molecule has 3 N–H and O–H groups in total. The lowest BCUT2D eigenvalue weighted by molar-refractivity contribution is -0.136. The Labute approximate surface area is 182 Å². The number of aliphatic hydroxyl groups excluding tert-OH is 1. The van der Waals surface area contributed by atoms with Crippen molar-refractivity contribution in [3.8, 4) is 11.1 Å². The van der Waals surface area contributed by atoms with Crippen molar-refractivity contribution in [1.82, 2.24) is 5.32 Å². The summed E-state index contributed by atoms with van der Waals surface area (Å²) in [6.45, 7) is 2.56. The number of benzene rings is 3. The molecule has 0 saturated carbocycles. The number of hydrogen-bond acceptors (Lipinski definition) is 3. The van der Waals surface area contributed by atoms with Crippen molar-refractivity contribution in [2.75, 3.05) is 6.54 Å². The zero-order valence-corrected chi connectivity index (χ0v) is 17.6. The molecule has 0 amide bonds. The summed E-state index contributed by atoms with van der Waals surface area (Å²) in [5.41, 5.74) is 4.96. The van der Waals surface area contributed by atoms with E-state index in [2.05, 4.69) is 36.5 Å². The second-order valence-electron chi connectivity index (χ2n) is 7.55. The Morgan fingerprint density at radius 2 is 1.57 bits per heavy atom. The molecule has 0 saturated heterocycles. The molecule has 0 aromatic heterocycles. The first-order valence-electron chi connectivity index (χ1n) is 9.97. The van der Waals surface area contributed by atoms with E-state index in [-0.39, 0.29) is 12.5 Å². The molecule has 0 spiro atoms. The first-order valence-corrected chi connectivity index (χ1v) is 10.4. The van der Waals surface area contributed by atoms with E-state index in [1.54, 1.807) is 12.1 Å². The quantitative estimate of drug-likeness (QED) is 0.458. The van der Waals surface area contributed by atoms with Gasteiger partial charge in [0.1, 0.15) is 0 Å². The molecule has 0 aliphatic carbocycles. The number of hydrogen-bond donors (Lipinski definition) is 3. The minimum Gasteiger partial charge on any atom is -0.481 e. The fraction of sp³-hybridized carbons (Fsp3) is 0.240. The standard InChI is InChI=1S/C25H26ClNO3/c1-17(27-16-24(28)22-3-2-4-23(26)15-22)13-18-5-9-20(10-6-18)21-11-7-19(8-12-21)14-25(29)30/h2-12,15,17,24,27-28H,13-14,16H2,1H3,(H,29,30)/t17-,24+/m1/s1. The molecule has 3 aromatic carbocycles. The van der Waals surface area contributed by atoms with Crippen molar-refractivity contribution in [2.24, 2.45) is 0 Å². The normalized spacial score (nSPS) is 13.0. The maximum absolute atomic E-state index is 10.8. The number of carbonyl (C=O) groups is 1. The Kier molecular flexibility index (Phi) is 7.63. The van der Waals surface area contributed by atoms with Gasteiger partial charge in [-0.3, -0.25) is 4.79 Å². The highest BCUT2D eigenvalue weighted by Crippen LogP contribution is 2.21. The smallest absolute Gasteiger partial charge is 0.307 e. The van der Waals surface area contributed by atoms with Gasteiger partial charge in [-0.2, -0.15) is 0 Å². The number of carboxylic acids is 1. The van der Waals surface area contributed by atoms with Crippen molar-refractivity contribution in [2.45, 2.75) is 31.9 Å². The minimum atomic E-state index is -0.824. The van der Waals surface area contributed by atoms with E-state index >= 15 is 0 Å². The summed E-state index contributed by atoms with van der Waals surface area (Å²) in [5.74, 6) is -0.824. The van der Waals surface area contributed by atoms with Gasteiger partial charge in [0.25, 0.3) is 0 Å². The van der Waals surface area contributed by atoms with E-state index in [0.717, 1.165) is 28.7 Å². The van der Waals surface area contributed by atoms with Gasteiger partial charge in [-0.05, 0) is 53.3 Å². The second kappa shape index (κ2) is 10.4.